The number of nitrogens with zero attached hydrogens (tertiary/aromatic N) is 3. The first-order chi connectivity index (χ1) is 13.0. The first-order valence-corrected chi connectivity index (χ1v) is 10.2. The number of carbonyl (C=O) groups is 1. The largest absolute Gasteiger partial charge is 0.365 e. The van der Waals surface area contributed by atoms with Crippen LogP contribution in [0.5, 0.6) is 0 Å². The first-order valence-electron chi connectivity index (χ1n) is 9.83. The van der Waals surface area contributed by atoms with E-state index in [9.17, 15) is 4.79 Å². The topological polar surface area (TPSA) is 52.2 Å². The third kappa shape index (κ3) is 3.22. The third-order valence-electron chi connectivity index (χ3n) is 6.24. The van der Waals surface area contributed by atoms with Crippen molar-refractivity contribution in [3.63, 3.8) is 0 Å². The molecule has 1 amide bonds. The second kappa shape index (κ2) is 7.19. The number of nitrogens with one attached hydrogen (secondary N) is 1. The van der Waals surface area contributed by atoms with Crippen LogP contribution in [0.4, 0.5) is 5.69 Å². The smallest absolute Gasteiger partial charge is 0.233 e. The van der Waals surface area contributed by atoms with Crippen LogP contribution in [-0.2, 0) is 10.2 Å². The van der Waals surface area contributed by atoms with E-state index in [0.29, 0.717) is 5.91 Å². The predicted octanol–water partition coefficient (Wildman–Crippen LogP) is 3.84. The normalized spacial score (nSPS) is 19.5. The summed E-state index contributed by atoms with van der Waals surface area (Å²) in [6, 6.07) is 7.90. The molecule has 1 saturated heterocycles. The summed E-state index contributed by atoms with van der Waals surface area (Å²) in [4.78, 5) is 18.0. The molecule has 1 aliphatic heterocycles. The molecule has 5 nitrogen and oxygen atoms in total. The van der Waals surface area contributed by atoms with Crippen LogP contribution >= 0.6 is 11.6 Å². The average molecular weight is 387 g/mol. The van der Waals surface area contributed by atoms with Crippen LogP contribution in [0.15, 0.2) is 24.3 Å². The summed E-state index contributed by atoms with van der Waals surface area (Å²) in [6.45, 7) is 7.31. The van der Waals surface area contributed by atoms with E-state index < -0.39 is 0 Å². The van der Waals surface area contributed by atoms with E-state index in [4.69, 9.17) is 11.6 Å². The molecule has 2 aliphatic rings. The van der Waals surface area contributed by atoms with Crippen LogP contribution in [0, 0.1) is 13.8 Å². The van der Waals surface area contributed by atoms with E-state index >= 15 is 0 Å². The van der Waals surface area contributed by atoms with Gasteiger partial charge in [0.1, 0.15) is 0 Å². The number of benzene rings is 1. The number of amides is 1. The molecule has 0 bridgehead atoms. The van der Waals surface area contributed by atoms with Gasteiger partial charge in [-0.25, -0.2) is 0 Å². The van der Waals surface area contributed by atoms with E-state index in [1.54, 1.807) is 0 Å². The molecule has 2 heterocycles. The molecule has 0 atom stereocenters. The minimum Gasteiger partial charge on any atom is -0.365 e. The molecule has 1 aromatic heterocycles. The zero-order valence-corrected chi connectivity index (χ0v) is 16.9. The molecule has 2 fully saturated rings. The van der Waals surface area contributed by atoms with Gasteiger partial charge in [-0.2, -0.15) is 5.10 Å². The Hall–Kier alpha value is -2.01. The summed E-state index contributed by atoms with van der Waals surface area (Å²) < 4.78 is 0. The van der Waals surface area contributed by atoms with Crippen molar-refractivity contribution >= 4 is 23.2 Å². The van der Waals surface area contributed by atoms with Crippen LogP contribution < -0.4 is 4.90 Å². The van der Waals surface area contributed by atoms with Crippen LogP contribution in [0.1, 0.15) is 42.6 Å². The number of hydrogen-bond acceptors (Lipinski definition) is 3. The number of halogens is 1. The Kier molecular flexibility index (Phi) is 4.89. The van der Waals surface area contributed by atoms with Gasteiger partial charge in [-0.3, -0.25) is 9.89 Å². The summed E-state index contributed by atoms with van der Waals surface area (Å²) in [7, 11) is 0. The highest BCUT2D eigenvalue weighted by Crippen LogP contribution is 2.43. The molecule has 1 saturated carbocycles. The molecule has 0 spiro atoms. The van der Waals surface area contributed by atoms with Crippen molar-refractivity contribution in [1.29, 1.82) is 0 Å². The Morgan fingerprint density at radius 1 is 1.07 bits per heavy atom. The number of aromatic nitrogens is 2. The number of aryl methyl sites for hydroxylation is 2. The Bertz CT molecular complexity index is 796. The molecule has 27 heavy (non-hydrogen) atoms. The number of carbonyl (C=O) groups excluding carboxylic acids is 1. The van der Waals surface area contributed by atoms with E-state index in [-0.39, 0.29) is 5.41 Å². The van der Waals surface area contributed by atoms with Gasteiger partial charge in [0, 0.05) is 31.2 Å². The van der Waals surface area contributed by atoms with E-state index in [0.717, 1.165) is 73.8 Å². The number of aromatic amines is 1. The van der Waals surface area contributed by atoms with Crippen molar-refractivity contribution in [1.82, 2.24) is 15.1 Å². The van der Waals surface area contributed by atoms with Crippen LogP contribution in [0.3, 0.4) is 0 Å². The number of anilines is 1. The highest BCUT2D eigenvalue weighted by molar-refractivity contribution is 6.30. The zero-order chi connectivity index (χ0) is 19.0. The van der Waals surface area contributed by atoms with Gasteiger partial charge in [-0.1, -0.05) is 36.6 Å². The maximum Gasteiger partial charge on any atom is 0.233 e. The molecule has 144 valence electrons. The number of hydrogen-bond donors (Lipinski definition) is 1. The number of H-pyrrole nitrogens is 1. The van der Waals surface area contributed by atoms with Crippen molar-refractivity contribution in [2.24, 2.45) is 0 Å². The first kappa shape index (κ1) is 18.4. The van der Waals surface area contributed by atoms with Crippen LogP contribution in [0.2, 0.25) is 5.02 Å². The van der Waals surface area contributed by atoms with Crippen LogP contribution in [0.25, 0.3) is 0 Å². The SMILES string of the molecule is Cc1n[nH]c(C)c1N1CCN(C(=O)C2(c3ccc(Cl)cc3)CCCC2)CC1. The van der Waals surface area contributed by atoms with Crippen molar-refractivity contribution in [2.75, 3.05) is 31.1 Å². The quantitative estimate of drug-likeness (QED) is 0.871. The molecule has 6 heteroatoms. The Morgan fingerprint density at radius 2 is 1.70 bits per heavy atom. The van der Waals surface area contributed by atoms with Gasteiger partial charge in [0.2, 0.25) is 5.91 Å². The number of rotatable bonds is 3. The lowest BCUT2D eigenvalue weighted by molar-refractivity contribution is -0.137. The lowest BCUT2D eigenvalue weighted by Gasteiger charge is -2.41. The minimum absolute atomic E-state index is 0.294. The summed E-state index contributed by atoms with van der Waals surface area (Å²) in [6.07, 6.45) is 4.10. The van der Waals surface area contributed by atoms with Crippen molar-refractivity contribution in [2.45, 2.75) is 44.9 Å². The highest BCUT2D eigenvalue weighted by atomic mass is 35.5. The van der Waals surface area contributed by atoms with Gasteiger partial charge in [-0.05, 0) is 44.4 Å². The van der Waals surface area contributed by atoms with Gasteiger partial charge in [-0.15, -0.1) is 0 Å². The molecule has 2 aromatic rings. The second-order valence-electron chi connectivity index (χ2n) is 7.86. The fraction of sp³-hybridized carbons (Fsp3) is 0.524. The molecule has 4 rings (SSSR count). The molecular formula is C21H27ClN4O. The standard InChI is InChI=1S/C21H27ClN4O/c1-15-19(16(2)24-23-15)25-11-13-26(14-12-25)20(27)21(9-3-4-10-21)17-5-7-18(22)8-6-17/h5-8H,3-4,9-14H2,1-2H3,(H,23,24). The molecular weight excluding hydrogens is 360 g/mol. The van der Waals surface area contributed by atoms with E-state index in [1.807, 2.05) is 31.2 Å². The van der Waals surface area contributed by atoms with E-state index in [2.05, 4.69) is 26.9 Å². The fourth-order valence-electron chi connectivity index (χ4n) is 4.82. The zero-order valence-electron chi connectivity index (χ0n) is 16.1. The van der Waals surface area contributed by atoms with E-state index in [1.165, 1.54) is 5.69 Å². The second-order valence-corrected chi connectivity index (χ2v) is 8.29. The van der Waals surface area contributed by atoms with Crippen LogP contribution in [-0.4, -0.2) is 47.2 Å². The van der Waals surface area contributed by atoms with Crippen molar-refractivity contribution < 1.29 is 4.79 Å². The fourth-order valence-corrected chi connectivity index (χ4v) is 4.95. The molecule has 1 aromatic carbocycles. The third-order valence-corrected chi connectivity index (χ3v) is 6.49. The predicted molar refractivity (Wildman–Crippen MR) is 108 cm³/mol. The Morgan fingerprint density at radius 3 is 2.26 bits per heavy atom. The summed E-state index contributed by atoms with van der Waals surface area (Å²) in [5.41, 5.74) is 4.07. The molecule has 0 unspecified atom stereocenters. The minimum atomic E-state index is -0.367. The van der Waals surface area contributed by atoms with Gasteiger partial charge >= 0.3 is 0 Å². The molecule has 0 radical (unpaired) electrons. The summed E-state index contributed by atoms with van der Waals surface area (Å²) in [5, 5.41) is 8.09. The highest BCUT2D eigenvalue weighted by Gasteiger charge is 2.45. The van der Waals surface area contributed by atoms with Gasteiger partial charge < -0.3 is 9.80 Å². The van der Waals surface area contributed by atoms with Gasteiger partial charge in [0.15, 0.2) is 0 Å². The van der Waals surface area contributed by atoms with Crippen molar-refractivity contribution in [3.8, 4) is 0 Å². The Labute approximate surface area is 165 Å². The Balaban J connectivity index is 1.51. The maximum atomic E-state index is 13.6. The monoisotopic (exact) mass is 386 g/mol. The lowest BCUT2D eigenvalue weighted by Crippen LogP contribution is -2.54. The summed E-state index contributed by atoms with van der Waals surface area (Å²) >= 11 is 6.07. The molecule has 1 N–H and O–H groups in total. The average Bonchev–Trinajstić information content (AvgIpc) is 3.30. The van der Waals surface area contributed by atoms with Gasteiger partial charge in [0.25, 0.3) is 0 Å². The van der Waals surface area contributed by atoms with Crippen molar-refractivity contribution in [3.05, 3.63) is 46.2 Å². The summed E-state index contributed by atoms with van der Waals surface area (Å²) in [5.74, 6) is 0.294. The lowest BCUT2D eigenvalue weighted by atomic mass is 9.77. The maximum absolute atomic E-state index is 13.6. The number of piperazine rings is 1. The molecule has 1 aliphatic carbocycles. The van der Waals surface area contributed by atoms with Gasteiger partial charge in [0.05, 0.1) is 22.5 Å².